The van der Waals surface area contributed by atoms with Crippen molar-refractivity contribution in [3.8, 4) is 5.75 Å². The number of nitrogens with one attached hydrogen (secondary N) is 1. The average Bonchev–Trinajstić information content (AvgIpc) is 2.96. The van der Waals surface area contributed by atoms with E-state index in [0.29, 0.717) is 29.3 Å². The predicted molar refractivity (Wildman–Crippen MR) is 156 cm³/mol. The molecule has 4 rings (SSSR count). The Labute approximate surface area is 236 Å². The molecule has 7 nitrogen and oxygen atoms in total. The van der Waals surface area contributed by atoms with Crippen molar-refractivity contribution in [2.75, 3.05) is 11.4 Å². The normalized spacial score (nSPS) is 13.6. The molecule has 40 heavy (non-hydrogen) atoms. The summed E-state index contributed by atoms with van der Waals surface area (Å²) in [5.74, 6) is -0.129. The molecule has 3 aromatic carbocycles. The van der Waals surface area contributed by atoms with E-state index in [9.17, 15) is 14.4 Å². The Balaban J connectivity index is 1.54. The third-order valence-electron chi connectivity index (χ3n) is 7.18. The lowest BCUT2D eigenvalue weighted by molar-refractivity contribution is -0.136. The van der Waals surface area contributed by atoms with Crippen LogP contribution in [0.25, 0.3) is 0 Å². The number of hydrogen-bond donors (Lipinski definition) is 2. The molecule has 0 atom stereocenters. The van der Waals surface area contributed by atoms with E-state index < -0.39 is 5.97 Å². The lowest BCUT2D eigenvalue weighted by atomic mass is 9.84. The predicted octanol–water partition coefficient (Wildman–Crippen LogP) is 6.57. The Bertz CT molecular complexity index is 1280. The van der Waals surface area contributed by atoms with Gasteiger partial charge in [0.05, 0.1) is 19.1 Å². The molecule has 7 heteroatoms. The minimum atomic E-state index is -0.964. The Morgan fingerprint density at radius 2 is 1.50 bits per heavy atom. The van der Waals surface area contributed by atoms with Crippen LogP contribution in [-0.4, -0.2) is 35.5 Å². The Hall–Kier alpha value is -4.13. The second-order valence-electron chi connectivity index (χ2n) is 10.6. The van der Waals surface area contributed by atoms with Crippen molar-refractivity contribution in [1.82, 2.24) is 5.32 Å². The molecule has 0 aromatic heterocycles. The molecule has 1 saturated carbocycles. The van der Waals surface area contributed by atoms with E-state index in [1.807, 2.05) is 50.2 Å². The smallest absolute Gasteiger partial charge is 0.305 e. The molecule has 0 saturated heterocycles. The Morgan fingerprint density at radius 3 is 2.10 bits per heavy atom. The molecule has 2 amide bonds. The third kappa shape index (κ3) is 7.94. The summed E-state index contributed by atoms with van der Waals surface area (Å²) in [6.45, 7) is 4.31. The highest BCUT2D eigenvalue weighted by atomic mass is 16.5. The molecule has 0 heterocycles. The van der Waals surface area contributed by atoms with Crippen LogP contribution in [0.2, 0.25) is 0 Å². The first-order chi connectivity index (χ1) is 19.3. The largest absolute Gasteiger partial charge is 0.491 e. The molecular formula is C33H38N2O5. The van der Waals surface area contributed by atoms with E-state index in [4.69, 9.17) is 9.84 Å². The molecule has 0 bridgehead atoms. The second kappa shape index (κ2) is 13.8. The quantitative estimate of drug-likeness (QED) is 0.286. The number of hydrogen-bond acceptors (Lipinski definition) is 4. The fourth-order valence-electron chi connectivity index (χ4n) is 5.08. The van der Waals surface area contributed by atoms with E-state index in [0.717, 1.165) is 11.3 Å². The number of benzene rings is 3. The van der Waals surface area contributed by atoms with Crippen LogP contribution in [0.1, 0.15) is 90.1 Å². The van der Waals surface area contributed by atoms with Gasteiger partial charge >= 0.3 is 5.97 Å². The van der Waals surface area contributed by atoms with Gasteiger partial charge in [-0.1, -0.05) is 43.5 Å². The van der Waals surface area contributed by atoms with E-state index in [1.165, 1.54) is 37.7 Å². The Kier molecular flexibility index (Phi) is 9.95. The Morgan fingerprint density at radius 1 is 0.875 bits per heavy atom. The highest BCUT2D eigenvalue weighted by Gasteiger charge is 2.21. The molecule has 1 aliphatic rings. The summed E-state index contributed by atoms with van der Waals surface area (Å²) in [5.41, 5.74) is 3.99. The summed E-state index contributed by atoms with van der Waals surface area (Å²) in [5, 5.41) is 11.4. The van der Waals surface area contributed by atoms with Crippen molar-refractivity contribution in [3.05, 3.63) is 95.1 Å². The molecule has 1 fully saturated rings. The minimum absolute atomic E-state index is 0.0444. The van der Waals surface area contributed by atoms with Gasteiger partial charge in [0.15, 0.2) is 0 Å². The number of aliphatic carboxylic acids is 1. The first kappa shape index (κ1) is 28.9. The van der Waals surface area contributed by atoms with E-state index >= 15 is 0 Å². The number of ether oxygens (including phenoxy) is 1. The standard InChI is InChI=1S/C33H38N2O5/c1-23(2)40-30-18-14-28(15-19-30)33(39)35(29-16-12-26(13-17-29)25-6-4-3-5-7-25)22-24-8-10-27(11-9-24)32(38)34-21-20-31(36)37/h8-19,23,25H,3-7,20-22H2,1-2H3,(H,34,38)(H,36,37). The van der Waals surface area contributed by atoms with Crippen LogP contribution in [-0.2, 0) is 11.3 Å². The van der Waals surface area contributed by atoms with Crippen LogP contribution < -0.4 is 15.0 Å². The topological polar surface area (TPSA) is 95.9 Å². The number of nitrogens with zero attached hydrogens (tertiary/aromatic N) is 1. The number of anilines is 1. The lowest BCUT2D eigenvalue weighted by Gasteiger charge is -2.26. The van der Waals surface area contributed by atoms with Crippen LogP contribution in [0.3, 0.4) is 0 Å². The van der Waals surface area contributed by atoms with E-state index in [2.05, 4.69) is 17.4 Å². The number of rotatable bonds is 11. The van der Waals surface area contributed by atoms with Crippen LogP contribution in [0.15, 0.2) is 72.8 Å². The number of carboxylic acid groups (broad SMARTS) is 1. The molecular weight excluding hydrogens is 504 g/mol. The zero-order chi connectivity index (χ0) is 28.5. The van der Waals surface area contributed by atoms with Gasteiger partial charge in [-0.05, 0) is 92.3 Å². The van der Waals surface area contributed by atoms with Crippen molar-refractivity contribution in [1.29, 1.82) is 0 Å². The number of carboxylic acids is 1. The van der Waals surface area contributed by atoms with E-state index in [1.54, 1.807) is 29.2 Å². The van der Waals surface area contributed by atoms with Gasteiger partial charge in [-0.25, -0.2) is 0 Å². The van der Waals surface area contributed by atoms with Crippen molar-refractivity contribution >= 4 is 23.5 Å². The highest BCUT2D eigenvalue weighted by molar-refractivity contribution is 6.06. The molecule has 2 N–H and O–H groups in total. The third-order valence-corrected chi connectivity index (χ3v) is 7.18. The van der Waals surface area contributed by atoms with Gasteiger partial charge in [0.25, 0.3) is 11.8 Å². The zero-order valence-corrected chi connectivity index (χ0v) is 23.3. The maximum Gasteiger partial charge on any atom is 0.305 e. The fourth-order valence-corrected chi connectivity index (χ4v) is 5.08. The van der Waals surface area contributed by atoms with Gasteiger partial charge in [-0.2, -0.15) is 0 Å². The number of carbonyl (C=O) groups excluding carboxylic acids is 2. The molecule has 210 valence electrons. The minimum Gasteiger partial charge on any atom is -0.491 e. The first-order valence-corrected chi connectivity index (χ1v) is 14.1. The SMILES string of the molecule is CC(C)Oc1ccc(C(=O)N(Cc2ccc(C(=O)NCCC(=O)O)cc2)c2ccc(C3CCCCC3)cc2)cc1. The monoisotopic (exact) mass is 542 g/mol. The molecule has 0 unspecified atom stereocenters. The average molecular weight is 543 g/mol. The molecule has 1 aliphatic carbocycles. The van der Waals surface area contributed by atoms with Gasteiger partial charge in [0.1, 0.15) is 5.75 Å². The molecule has 3 aromatic rings. The first-order valence-electron chi connectivity index (χ1n) is 14.1. The fraction of sp³-hybridized carbons (Fsp3) is 0.364. The van der Waals surface area contributed by atoms with Crippen LogP contribution in [0.5, 0.6) is 5.75 Å². The molecule has 0 aliphatic heterocycles. The van der Waals surface area contributed by atoms with E-state index in [-0.39, 0.29) is 30.9 Å². The van der Waals surface area contributed by atoms with Gasteiger partial charge < -0.3 is 20.1 Å². The van der Waals surface area contributed by atoms with Gasteiger partial charge in [0.2, 0.25) is 0 Å². The van der Waals surface area contributed by atoms with Gasteiger partial charge in [-0.3, -0.25) is 14.4 Å². The van der Waals surface area contributed by atoms with Crippen molar-refractivity contribution in [2.45, 2.75) is 70.9 Å². The highest BCUT2D eigenvalue weighted by Crippen LogP contribution is 2.34. The van der Waals surface area contributed by atoms with Crippen molar-refractivity contribution < 1.29 is 24.2 Å². The van der Waals surface area contributed by atoms with Crippen LogP contribution >= 0.6 is 0 Å². The lowest BCUT2D eigenvalue weighted by Crippen LogP contribution is -2.30. The number of amides is 2. The summed E-state index contributed by atoms with van der Waals surface area (Å²) in [7, 11) is 0. The zero-order valence-electron chi connectivity index (χ0n) is 23.3. The molecule has 0 radical (unpaired) electrons. The maximum absolute atomic E-state index is 13.8. The molecule has 0 spiro atoms. The van der Waals surface area contributed by atoms with Crippen LogP contribution in [0, 0.1) is 0 Å². The summed E-state index contributed by atoms with van der Waals surface area (Å²) >= 11 is 0. The summed E-state index contributed by atoms with van der Waals surface area (Å²) < 4.78 is 5.74. The van der Waals surface area contributed by atoms with Gasteiger partial charge in [-0.15, -0.1) is 0 Å². The second-order valence-corrected chi connectivity index (χ2v) is 10.6. The maximum atomic E-state index is 13.8. The summed E-state index contributed by atoms with van der Waals surface area (Å²) in [6, 6.07) is 22.6. The summed E-state index contributed by atoms with van der Waals surface area (Å²) in [6.07, 6.45) is 6.17. The number of carbonyl (C=O) groups is 3. The van der Waals surface area contributed by atoms with Crippen molar-refractivity contribution in [2.24, 2.45) is 0 Å². The van der Waals surface area contributed by atoms with Gasteiger partial charge in [0, 0.05) is 23.4 Å². The van der Waals surface area contributed by atoms with Crippen LogP contribution in [0.4, 0.5) is 5.69 Å². The summed E-state index contributed by atoms with van der Waals surface area (Å²) in [4.78, 5) is 38.6. The van der Waals surface area contributed by atoms with Crippen molar-refractivity contribution in [3.63, 3.8) is 0 Å².